The largest absolute Gasteiger partial charge is 0.469 e. The van der Waals surface area contributed by atoms with Crippen molar-refractivity contribution in [1.29, 1.82) is 0 Å². The molecule has 0 spiro atoms. The molecule has 0 aromatic heterocycles. The Morgan fingerprint density at radius 2 is 2.15 bits per heavy atom. The molecule has 1 amide bonds. The number of hydrogen-bond donors (Lipinski definition) is 2. The maximum atomic E-state index is 12.0. The first-order valence-corrected chi connectivity index (χ1v) is 7.06. The highest BCUT2D eigenvalue weighted by molar-refractivity contribution is 5.78. The molecular weight excluding hydrogens is 260 g/mol. The second-order valence-electron chi connectivity index (χ2n) is 5.69. The highest BCUT2D eigenvalue weighted by Crippen LogP contribution is 2.16. The second kappa shape index (κ2) is 8.21. The summed E-state index contributed by atoms with van der Waals surface area (Å²) in [7, 11) is 2.89. The summed E-state index contributed by atoms with van der Waals surface area (Å²) in [6.07, 6.45) is 2.59. The van der Waals surface area contributed by atoms with E-state index in [1.807, 2.05) is 0 Å². The van der Waals surface area contributed by atoms with E-state index in [9.17, 15) is 9.59 Å². The maximum Gasteiger partial charge on any atom is 0.307 e. The van der Waals surface area contributed by atoms with Crippen LogP contribution in [0, 0.1) is 5.92 Å². The van der Waals surface area contributed by atoms with E-state index in [1.54, 1.807) is 14.0 Å². The van der Waals surface area contributed by atoms with Gasteiger partial charge in [0, 0.05) is 13.5 Å². The molecule has 1 rings (SSSR count). The van der Waals surface area contributed by atoms with Crippen LogP contribution < -0.4 is 10.6 Å². The highest BCUT2D eigenvalue weighted by Gasteiger charge is 2.30. The van der Waals surface area contributed by atoms with Gasteiger partial charge in [-0.15, -0.1) is 0 Å². The van der Waals surface area contributed by atoms with Crippen LogP contribution >= 0.6 is 0 Å². The lowest BCUT2D eigenvalue weighted by Crippen LogP contribution is -2.51. The molecular formula is C14H26N2O4. The van der Waals surface area contributed by atoms with Crippen molar-refractivity contribution in [1.82, 2.24) is 10.6 Å². The average Bonchev–Trinajstić information content (AvgIpc) is 2.89. The Balaban J connectivity index is 2.42. The topological polar surface area (TPSA) is 76.7 Å². The summed E-state index contributed by atoms with van der Waals surface area (Å²) < 4.78 is 9.76. The van der Waals surface area contributed by atoms with Gasteiger partial charge < -0.3 is 20.1 Å². The molecule has 0 aromatic rings. The molecule has 6 heteroatoms. The van der Waals surface area contributed by atoms with Crippen LogP contribution in [-0.4, -0.2) is 51.3 Å². The molecule has 0 aliphatic carbocycles. The Bertz CT molecular complexity index is 329. The Morgan fingerprint density at radius 3 is 2.70 bits per heavy atom. The Kier molecular flexibility index (Phi) is 6.95. The van der Waals surface area contributed by atoms with Crippen LogP contribution in [0.2, 0.25) is 0 Å². The third kappa shape index (κ3) is 5.88. The summed E-state index contributed by atoms with van der Waals surface area (Å²) in [5.74, 6) is 0.181. The van der Waals surface area contributed by atoms with Gasteiger partial charge in [0.2, 0.25) is 5.91 Å². The summed E-state index contributed by atoms with van der Waals surface area (Å²) >= 11 is 0. The molecule has 0 aromatic carbocycles. The first-order valence-electron chi connectivity index (χ1n) is 7.06. The Labute approximate surface area is 120 Å². The van der Waals surface area contributed by atoms with Crippen molar-refractivity contribution in [2.24, 2.45) is 5.92 Å². The molecule has 0 bridgehead atoms. The van der Waals surface area contributed by atoms with Gasteiger partial charge in [0.25, 0.3) is 0 Å². The maximum absolute atomic E-state index is 12.0. The third-order valence-electron chi connectivity index (χ3n) is 3.61. The fraction of sp³-hybridized carbons (Fsp3) is 0.857. The van der Waals surface area contributed by atoms with Crippen LogP contribution in [0.1, 0.15) is 32.6 Å². The predicted molar refractivity (Wildman–Crippen MR) is 75.3 cm³/mol. The minimum Gasteiger partial charge on any atom is -0.469 e. The van der Waals surface area contributed by atoms with Crippen LogP contribution in [0.3, 0.4) is 0 Å². The van der Waals surface area contributed by atoms with Gasteiger partial charge in [-0.25, -0.2) is 0 Å². The highest BCUT2D eigenvalue weighted by atomic mass is 16.5. The molecule has 0 saturated carbocycles. The molecule has 6 nitrogen and oxygen atoms in total. The monoisotopic (exact) mass is 286 g/mol. The van der Waals surface area contributed by atoms with E-state index in [1.165, 1.54) is 7.11 Å². The van der Waals surface area contributed by atoms with Gasteiger partial charge >= 0.3 is 5.97 Å². The predicted octanol–water partition coefficient (Wildman–Crippen LogP) is 0.461. The van der Waals surface area contributed by atoms with Gasteiger partial charge in [0.15, 0.2) is 0 Å². The average molecular weight is 286 g/mol. The van der Waals surface area contributed by atoms with E-state index in [2.05, 4.69) is 15.4 Å². The lowest BCUT2D eigenvalue weighted by atomic mass is 9.97. The fourth-order valence-electron chi connectivity index (χ4n) is 2.54. The lowest BCUT2D eigenvalue weighted by Gasteiger charge is -2.29. The van der Waals surface area contributed by atoms with Crippen molar-refractivity contribution in [3.63, 3.8) is 0 Å². The number of carbonyl (C=O) groups excluding carboxylic acids is 2. The van der Waals surface area contributed by atoms with Gasteiger partial charge in [0.05, 0.1) is 25.7 Å². The van der Waals surface area contributed by atoms with E-state index >= 15 is 0 Å². The molecule has 1 heterocycles. The fourth-order valence-corrected chi connectivity index (χ4v) is 2.54. The lowest BCUT2D eigenvalue weighted by molar-refractivity contribution is -0.143. The second-order valence-corrected chi connectivity index (χ2v) is 5.69. The van der Waals surface area contributed by atoms with E-state index in [0.717, 1.165) is 25.9 Å². The van der Waals surface area contributed by atoms with Crippen molar-refractivity contribution < 1.29 is 19.1 Å². The van der Waals surface area contributed by atoms with Crippen molar-refractivity contribution in [2.75, 3.05) is 33.9 Å². The van der Waals surface area contributed by atoms with E-state index in [0.29, 0.717) is 12.3 Å². The number of amides is 1. The zero-order chi connectivity index (χ0) is 15.0. The van der Waals surface area contributed by atoms with E-state index in [-0.39, 0.29) is 24.9 Å². The Morgan fingerprint density at radius 1 is 1.40 bits per heavy atom. The quantitative estimate of drug-likeness (QED) is 0.634. The van der Waals surface area contributed by atoms with Gasteiger partial charge in [-0.1, -0.05) is 0 Å². The molecule has 1 aliphatic heterocycles. The number of esters is 1. The number of carbonyl (C=O) groups is 2. The Hall–Kier alpha value is -1.14. The molecule has 1 aliphatic rings. The first kappa shape index (κ1) is 16.9. The van der Waals surface area contributed by atoms with Gasteiger partial charge in [-0.05, 0) is 38.8 Å². The first-order chi connectivity index (χ1) is 9.49. The standard InChI is InChI=1S/C14H26N2O4/c1-14(10-19-2,8-13(18)20-3)16-12(17)5-4-11-6-7-15-9-11/h11,15H,4-10H2,1-3H3,(H,16,17). The molecule has 1 fully saturated rings. The normalized spacial score (nSPS) is 21.2. The molecule has 116 valence electrons. The molecule has 2 N–H and O–H groups in total. The SMILES string of the molecule is COCC(C)(CC(=O)OC)NC(=O)CCC1CCNC1. The van der Waals surface area contributed by atoms with Gasteiger partial charge in [0.1, 0.15) is 0 Å². The zero-order valence-corrected chi connectivity index (χ0v) is 12.7. The summed E-state index contributed by atoms with van der Waals surface area (Å²) in [6, 6.07) is 0. The summed E-state index contributed by atoms with van der Waals surface area (Å²) in [4.78, 5) is 23.4. The summed E-state index contributed by atoms with van der Waals surface area (Å²) in [6.45, 7) is 4.10. The molecule has 2 atom stereocenters. The number of methoxy groups -OCH3 is 2. The van der Waals surface area contributed by atoms with Crippen LogP contribution in [0.4, 0.5) is 0 Å². The molecule has 0 radical (unpaired) electrons. The summed E-state index contributed by atoms with van der Waals surface area (Å²) in [5, 5.41) is 6.18. The van der Waals surface area contributed by atoms with Gasteiger partial charge in [-0.3, -0.25) is 9.59 Å². The number of rotatable bonds is 8. The van der Waals surface area contributed by atoms with Crippen LogP contribution in [-0.2, 0) is 19.1 Å². The number of hydrogen-bond acceptors (Lipinski definition) is 5. The number of ether oxygens (including phenoxy) is 2. The van der Waals surface area contributed by atoms with Crippen molar-refractivity contribution >= 4 is 11.9 Å². The van der Waals surface area contributed by atoms with Crippen molar-refractivity contribution in [3.8, 4) is 0 Å². The zero-order valence-electron chi connectivity index (χ0n) is 12.7. The minimum atomic E-state index is -0.715. The third-order valence-corrected chi connectivity index (χ3v) is 3.61. The molecule has 1 saturated heterocycles. The van der Waals surface area contributed by atoms with Crippen molar-refractivity contribution in [3.05, 3.63) is 0 Å². The summed E-state index contributed by atoms with van der Waals surface area (Å²) in [5.41, 5.74) is -0.715. The van der Waals surface area contributed by atoms with Crippen molar-refractivity contribution in [2.45, 2.75) is 38.1 Å². The molecule has 20 heavy (non-hydrogen) atoms. The van der Waals surface area contributed by atoms with Crippen LogP contribution in [0.15, 0.2) is 0 Å². The van der Waals surface area contributed by atoms with Gasteiger partial charge in [-0.2, -0.15) is 0 Å². The van der Waals surface area contributed by atoms with Crippen LogP contribution in [0.25, 0.3) is 0 Å². The smallest absolute Gasteiger partial charge is 0.307 e. The number of nitrogens with one attached hydrogen (secondary N) is 2. The molecule has 2 unspecified atom stereocenters. The minimum absolute atomic E-state index is 0.0413. The van der Waals surface area contributed by atoms with E-state index in [4.69, 9.17) is 4.74 Å². The van der Waals surface area contributed by atoms with E-state index < -0.39 is 5.54 Å². The van der Waals surface area contributed by atoms with Crippen LogP contribution in [0.5, 0.6) is 0 Å².